The lowest BCUT2D eigenvalue weighted by molar-refractivity contribution is 0.0427. The van der Waals surface area contributed by atoms with E-state index in [1.54, 1.807) is 18.2 Å². The fraction of sp³-hybridized carbons (Fsp3) is 0.429. The Bertz CT molecular complexity index is 493. The van der Waals surface area contributed by atoms with Crippen molar-refractivity contribution in [3.05, 3.63) is 42.5 Å². The summed E-state index contributed by atoms with van der Waals surface area (Å²) >= 11 is 0. The molecule has 0 radical (unpaired) electrons. The van der Waals surface area contributed by atoms with Gasteiger partial charge in [0, 0.05) is 0 Å². The summed E-state index contributed by atoms with van der Waals surface area (Å²) in [5, 5.41) is 19.1. The molecule has 0 aliphatic rings. The second-order valence-electron chi connectivity index (χ2n) is 4.37. The van der Waals surface area contributed by atoms with Gasteiger partial charge in [-0.2, -0.15) is 0 Å². The highest BCUT2D eigenvalue weighted by Crippen LogP contribution is 2.11. The number of hydrogen-bond donors (Lipinski definition) is 2. The molecule has 0 heterocycles. The first-order valence-electron chi connectivity index (χ1n) is 6.28. The van der Waals surface area contributed by atoms with Gasteiger partial charge >= 0.3 is 0 Å². The number of sulfone groups is 1. The summed E-state index contributed by atoms with van der Waals surface area (Å²) in [7, 11) is -3.37. The third kappa shape index (κ3) is 5.14. The van der Waals surface area contributed by atoms with Crippen LogP contribution in [0.1, 0.15) is 19.8 Å². The summed E-state index contributed by atoms with van der Waals surface area (Å²) in [5.41, 5.74) is 0. The van der Waals surface area contributed by atoms with Gasteiger partial charge in [0.2, 0.25) is 0 Å². The molecule has 0 unspecified atom stereocenters. The lowest BCUT2D eigenvalue weighted by Crippen LogP contribution is -2.23. The topological polar surface area (TPSA) is 74.6 Å². The standard InChI is InChI=1S/C14H20O4S/c1-2-7-13(15)14(16)10-6-11-19(17,18)12-8-4-3-5-9-12/h3-6,8-10,13-16H,2,7,11H2,1H3/b10-6+/t13-,14-/m0/s1. The minimum absolute atomic E-state index is 0.188. The Morgan fingerprint density at radius 3 is 2.42 bits per heavy atom. The highest BCUT2D eigenvalue weighted by atomic mass is 32.2. The zero-order chi connectivity index (χ0) is 14.3. The van der Waals surface area contributed by atoms with E-state index in [1.165, 1.54) is 24.3 Å². The van der Waals surface area contributed by atoms with Crippen molar-refractivity contribution >= 4 is 9.84 Å². The van der Waals surface area contributed by atoms with Crippen LogP contribution in [-0.4, -0.2) is 36.6 Å². The van der Waals surface area contributed by atoms with E-state index in [2.05, 4.69) is 0 Å². The molecular formula is C14H20O4S. The first-order chi connectivity index (χ1) is 8.97. The summed E-state index contributed by atoms with van der Waals surface area (Å²) in [5.74, 6) is -0.188. The second kappa shape index (κ2) is 7.43. The zero-order valence-electron chi connectivity index (χ0n) is 10.9. The highest BCUT2D eigenvalue weighted by Gasteiger charge is 2.14. The zero-order valence-corrected chi connectivity index (χ0v) is 11.8. The van der Waals surface area contributed by atoms with Crippen molar-refractivity contribution in [1.29, 1.82) is 0 Å². The van der Waals surface area contributed by atoms with Gasteiger partial charge in [-0.1, -0.05) is 43.7 Å². The van der Waals surface area contributed by atoms with Gasteiger partial charge in [-0.05, 0) is 18.6 Å². The van der Waals surface area contributed by atoms with Crippen LogP contribution in [0.4, 0.5) is 0 Å². The van der Waals surface area contributed by atoms with Crippen molar-refractivity contribution in [2.75, 3.05) is 5.75 Å². The number of benzene rings is 1. The monoisotopic (exact) mass is 284 g/mol. The van der Waals surface area contributed by atoms with Crippen LogP contribution in [0, 0.1) is 0 Å². The largest absolute Gasteiger partial charge is 0.390 e. The highest BCUT2D eigenvalue weighted by molar-refractivity contribution is 7.91. The fourth-order valence-electron chi connectivity index (χ4n) is 1.64. The van der Waals surface area contributed by atoms with E-state index >= 15 is 0 Å². The lowest BCUT2D eigenvalue weighted by atomic mass is 10.1. The molecule has 0 aromatic heterocycles. The molecule has 1 rings (SSSR count). The molecule has 19 heavy (non-hydrogen) atoms. The molecule has 2 atom stereocenters. The van der Waals surface area contributed by atoms with Crippen LogP contribution in [0.25, 0.3) is 0 Å². The molecule has 0 saturated heterocycles. The molecule has 0 amide bonds. The summed E-state index contributed by atoms with van der Waals surface area (Å²) in [6.07, 6.45) is 2.09. The molecule has 1 aromatic carbocycles. The molecule has 5 heteroatoms. The SMILES string of the molecule is CCC[C@H](O)[C@@H](O)/C=C/CS(=O)(=O)c1ccccc1. The first-order valence-corrected chi connectivity index (χ1v) is 7.93. The maximum absolute atomic E-state index is 11.9. The predicted octanol–water partition coefficient (Wildman–Crippen LogP) is 1.54. The number of rotatable bonds is 7. The van der Waals surface area contributed by atoms with Crippen molar-refractivity contribution in [3.63, 3.8) is 0 Å². The summed E-state index contributed by atoms with van der Waals surface area (Å²) < 4.78 is 23.8. The minimum atomic E-state index is -3.37. The molecule has 0 spiro atoms. The number of aliphatic hydroxyl groups is 2. The average molecular weight is 284 g/mol. The Morgan fingerprint density at radius 1 is 1.21 bits per heavy atom. The quantitative estimate of drug-likeness (QED) is 0.745. The van der Waals surface area contributed by atoms with E-state index in [9.17, 15) is 18.6 Å². The fourth-order valence-corrected chi connectivity index (χ4v) is 2.77. The normalized spacial score (nSPS) is 15.5. The van der Waals surface area contributed by atoms with E-state index < -0.39 is 22.0 Å². The van der Waals surface area contributed by atoms with E-state index in [0.717, 1.165) is 6.42 Å². The molecule has 0 aliphatic carbocycles. The summed E-state index contributed by atoms with van der Waals surface area (Å²) in [6, 6.07) is 8.14. The van der Waals surface area contributed by atoms with Crippen LogP contribution in [0.5, 0.6) is 0 Å². The molecule has 106 valence electrons. The predicted molar refractivity (Wildman–Crippen MR) is 74.6 cm³/mol. The molecular weight excluding hydrogens is 264 g/mol. The molecule has 0 saturated carbocycles. The van der Waals surface area contributed by atoms with Gasteiger partial charge in [0.1, 0.15) is 0 Å². The second-order valence-corrected chi connectivity index (χ2v) is 6.40. The van der Waals surface area contributed by atoms with Gasteiger partial charge in [0.15, 0.2) is 9.84 Å². The Hall–Kier alpha value is -1.17. The maximum Gasteiger partial charge on any atom is 0.181 e. The Kier molecular flexibility index (Phi) is 6.21. The molecule has 1 aromatic rings. The van der Waals surface area contributed by atoms with Crippen molar-refractivity contribution < 1.29 is 18.6 Å². The van der Waals surface area contributed by atoms with Gasteiger partial charge in [-0.25, -0.2) is 8.42 Å². The molecule has 2 N–H and O–H groups in total. The Labute approximate surface area is 114 Å². The molecule has 0 aliphatic heterocycles. The maximum atomic E-state index is 11.9. The first kappa shape index (κ1) is 15.9. The van der Waals surface area contributed by atoms with Crippen LogP contribution in [0.2, 0.25) is 0 Å². The van der Waals surface area contributed by atoms with Crippen molar-refractivity contribution in [2.45, 2.75) is 36.9 Å². The van der Waals surface area contributed by atoms with Crippen LogP contribution in [0.15, 0.2) is 47.4 Å². The van der Waals surface area contributed by atoms with E-state index in [4.69, 9.17) is 0 Å². The number of hydrogen-bond acceptors (Lipinski definition) is 4. The molecule has 4 nitrogen and oxygen atoms in total. The van der Waals surface area contributed by atoms with Gasteiger partial charge in [0.25, 0.3) is 0 Å². The minimum Gasteiger partial charge on any atom is -0.390 e. The van der Waals surface area contributed by atoms with Crippen molar-refractivity contribution in [2.24, 2.45) is 0 Å². The van der Waals surface area contributed by atoms with E-state index in [0.29, 0.717) is 6.42 Å². The van der Waals surface area contributed by atoms with Crippen LogP contribution >= 0.6 is 0 Å². The third-order valence-corrected chi connectivity index (χ3v) is 4.35. The summed E-state index contributed by atoms with van der Waals surface area (Å²) in [4.78, 5) is 0.253. The Balaban J connectivity index is 2.61. The third-order valence-electron chi connectivity index (χ3n) is 2.73. The van der Waals surface area contributed by atoms with Gasteiger partial charge < -0.3 is 10.2 Å². The molecule has 0 fully saturated rings. The molecule has 0 bridgehead atoms. The lowest BCUT2D eigenvalue weighted by Gasteiger charge is -2.12. The smallest absolute Gasteiger partial charge is 0.181 e. The van der Waals surface area contributed by atoms with E-state index in [1.807, 2.05) is 6.92 Å². The van der Waals surface area contributed by atoms with Gasteiger partial charge in [0.05, 0.1) is 22.9 Å². The average Bonchev–Trinajstić information content (AvgIpc) is 2.39. The van der Waals surface area contributed by atoms with E-state index in [-0.39, 0.29) is 10.6 Å². The van der Waals surface area contributed by atoms with Crippen molar-refractivity contribution in [1.82, 2.24) is 0 Å². The van der Waals surface area contributed by atoms with Gasteiger partial charge in [-0.3, -0.25) is 0 Å². The summed E-state index contributed by atoms with van der Waals surface area (Å²) in [6.45, 7) is 1.90. The van der Waals surface area contributed by atoms with Gasteiger partial charge in [-0.15, -0.1) is 0 Å². The van der Waals surface area contributed by atoms with Crippen LogP contribution in [-0.2, 0) is 9.84 Å². The Morgan fingerprint density at radius 2 is 1.84 bits per heavy atom. The number of aliphatic hydroxyl groups excluding tert-OH is 2. The van der Waals surface area contributed by atoms with Crippen LogP contribution in [0.3, 0.4) is 0 Å². The van der Waals surface area contributed by atoms with Crippen LogP contribution < -0.4 is 0 Å². The van der Waals surface area contributed by atoms with Crippen molar-refractivity contribution in [3.8, 4) is 0 Å².